The molecule has 0 unspecified atom stereocenters. The maximum atomic E-state index is 4.77. The summed E-state index contributed by atoms with van der Waals surface area (Å²) in [6.45, 7) is 0. The molecule has 6 aromatic rings. The second-order valence-electron chi connectivity index (χ2n) is 7.20. The van der Waals surface area contributed by atoms with E-state index in [1.54, 1.807) is 11.3 Å². The van der Waals surface area contributed by atoms with E-state index in [1.807, 2.05) is 60.2 Å². The molecule has 0 spiro atoms. The van der Waals surface area contributed by atoms with Gasteiger partial charge in [0.2, 0.25) is 0 Å². The molecule has 0 saturated heterocycles. The normalized spacial score (nSPS) is 10.9. The Hall–Kier alpha value is -3.74. The number of fused-ring (bicyclic) bond motifs is 2. The van der Waals surface area contributed by atoms with Crippen molar-refractivity contribution < 1.29 is 0 Å². The molecule has 0 radical (unpaired) electrons. The zero-order chi connectivity index (χ0) is 20.6. The summed E-state index contributed by atoms with van der Waals surface area (Å²) in [5.74, 6) is 0.841. The molecule has 32 heavy (non-hydrogen) atoms. The smallest absolute Gasteiger partial charge is 0.140 e. The van der Waals surface area contributed by atoms with Crippen molar-refractivity contribution in [2.75, 3.05) is 5.32 Å². The second kappa shape index (κ2) is 8.42. The number of anilines is 2. The molecular formula is C25H18ClN5S. The lowest BCUT2D eigenvalue weighted by Crippen LogP contribution is -1.96. The fourth-order valence-corrected chi connectivity index (χ4v) is 4.42. The Labute approximate surface area is 194 Å². The van der Waals surface area contributed by atoms with Crippen LogP contribution in [0.4, 0.5) is 11.4 Å². The first-order valence-electron chi connectivity index (χ1n) is 9.95. The Morgan fingerprint density at radius 3 is 2.53 bits per heavy atom. The number of para-hydroxylation sites is 3. The highest BCUT2D eigenvalue weighted by Gasteiger charge is 2.12. The molecular weight excluding hydrogens is 438 g/mol. The molecule has 0 aliphatic heterocycles. The minimum atomic E-state index is 0. The lowest BCUT2D eigenvalue weighted by Gasteiger charge is -2.13. The van der Waals surface area contributed by atoms with Crippen molar-refractivity contribution in [3.8, 4) is 22.0 Å². The number of nitrogens with zero attached hydrogens (tertiary/aromatic N) is 3. The Morgan fingerprint density at radius 1 is 0.781 bits per heavy atom. The fourth-order valence-electron chi connectivity index (χ4n) is 3.78. The number of thiazole rings is 1. The summed E-state index contributed by atoms with van der Waals surface area (Å²) in [5, 5.41) is 7.64. The van der Waals surface area contributed by atoms with Crippen molar-refractivity contribution in [3.63, 3.8) is 0 Å². The van der Waals surface area contributed by atoms with Crippen LogP contribution >= 0.6 is 23.7 Å². The Bertz CT molecular complexity index is 1490. The number of benzene rings is 3. The van der Waals surface area contributed by atoms with Gasteiger partial charge in [0.15, 0.2) is 0 Å². The number of rotatable bonds is 4. The fraction of sp³-hybridized carbons (Fsp3) is 0. The van der Waals surface area contributed by atoms with Crippen LogP contribution in [0, 0.1) is 0 Å². The maximum absolute atomic E-state index is 4.77. The molecule has 0 bridgehead atoms. The summed E-state index contributed by atoms with van der Waals surface area (Å²) in [4.78, 5) is 17.2. The van der Waals surface area contributed by atoms with Gasteiger partial charge in [-0.3, -0.25) is 4.98 Å². The van der Waals surface area contributed by atoms with Gasteiger partial charge in [-0.1, -0.05) is 36.4 Å². The molecule has 0 atom stereocenters. The first-order valence-corrected chi connectivity index (χ1v) is 10.8. The highest BCUT2D eigenvalue weighted by molar-refractivity contribution is 7.13. The van der Waals surface area contributed by atoms with Crippen LogP contribution in [0.1, 0.15) is 0 Å². The third-order valence-electron chi connectivity index (χ3n) is 5.26. The van der Waals surface area contributed by atoms with E-state index < -0.39 is 0 Å². The van der Waals surface area contributed by atoms with Crippen LogP contribution in [0.3, 0.4) is 0 Å². The van der Waals surface area contributed by atoms with Crippen molar-refractivity contribution in [2.45, 2.75) is 0 Å². The first-order chi connectivity index (χ1) is 15.3. The number of hydrogen-bond acceptors (Lipinski definition) is 5. The molecule has 3 aromatic heterocycles. The predicted molar refractivity (Wildman–Crippen MR) is 135 cm³/mol. The van der Waals surface area contributed by atoms with Crippen LogP contribution in [0.2, 0.25) is 0 Å². The van der Waals surface area contributed by atoms with Gasteiger partial charge < -0.3 is 10.3 Å². The molecule has 2 N–H and O–H groups in total. The van der Waals surface area contributed by atoms with Crippen LogP contribution in [-0.2, 0) is 0 Å². The zero-order valence-corrected chi connectivity index (χ0v) is 18.5. The van der Waals surface area contributed by atoms with Crippen molar-refractivity contribution in [1.29, 1.82) is 0 Å². The monoisotopic (exact) mass is 455 g/mol. The molecule has 0 aliphatic carbocycles. The van der Waals surface area contributed by atoms with Crippen LogP contribution < -0.4 is 5.32 Å². The molecule has 3 aromatic carbocycles. The van der Waals surface area contributed by atoms with Gasteiger partial charge in [-0.2, -0.15) is 0 Å². The summed E-state index contributed by atoms with van der Waals surface area (Å²) in [6, 6.07) is 24.5. The molecule has 7 heteroatoms. The number of halogens is 1. The topological polar surface area (TPSA) is 66.5 Å². The quantitative estimate of drug-likeness (QED) is 0.298. The number of pyridine rings is 1. The van der Waals surface area contributed by atoms with Crippen LogP contribution in [0.25, 0.3) is 43.9 Å². The summed E-state index contributed by atoms with van der Waals surface area (Å²) in [5.41, 5.74) is 6.99. The zero-order valence-electron chi connectivity index (χ0n) is 16.8. The van der Waals surface area contributed by atoms with Crippen molar-refractivity contribution in [2.24, 2.45) is 0 Å². The minimum Gasteiger partial charge on any atom is -0.354 e. The first kappa shape index (κ1) is 20.2. The van der Waals surface area contributed by atoms with Gasteiger partial charge in [0.25, 0.3) is 0 Å². The summed E-state index contributed by atoms with van der Waals surface area (Å²) in [7, 11) is 0. The Balaban J connectivity index is 0.00000216. The highest BCUT2D eigenvalue weighted by atomic mass is 35.5. The molecule has 5 nitrogen and oxygen atoms in total. The van der Waals surface area contributed by atoms with Crippen LogP contribution in [0.5, 0.6) is 0 Å². The molecule has 0 saturated carbocycles. The Morgan fingerprint density at radius 2 is 1.66 bits per heavy atom. The van der Waals surface area contributed by atoms with Gasteiger partial charge in [0.1, 0.15) is 10.8 Å². The van der Waals surface area contributed by atoms with Crippen LogP contribution in [-0.4, -0.2) is 19.9 Å². The minimum absolute atomic E-state index is 0. The van der Waals surface area contributed by atoms with Gasteiger partial charge in [0, 0.05) is 45.7 Å². The standard InChI is InChI=1S/C25H17N5S.ClH/c1-2-6-19(18(5-1)24-29-21-7-3-4-8-22(21)30-24)28-20-11-12-26-23-15-16(9-10-17(20)23)25-27-13-14-31-25;/h1-15H,(H,26,28)(H,29,30);1H. The molecule has 6 rings (SSSR count). The number of aromatic nitrogens is 4. The molecule has 156 valence electrons. The Kier molecular flexibility index (Phi) is 5.31. The number of aromatic amines is 1. The van der Waals surface area contributed by atoms with Gasteiger partial charge in [-0.25, -0.2) is 9.97 Å². The summed E-state index contributed by atoms with van der Waals surface area (Å²) in [6.07, 6.45) is 3.66. The van der Waals surface area contributed by atoms with E-state index in [4.69, 9.17) is 4.98 Å². The van der Waals surface area contributed by atoms with Gasteiger partial charge in [0.05, 0.1) is 16.6 Å². The lowest BCUT2D eigenvalue weighted by atomic mass is 10.1. The number of H-pyrrole nitrogens is 1. The van der Waals surface area contributed by atoms with E-state index >= 15 is 0 Å². The van der Waals surface area contributed by atoms with Gasteiger partial charge >= 0.3 is 0 Å². The van der Waals surface area contributed by atoms with E-state index in [-0.39, 0.29) is 12.4 Å². The predicted octanol–water partition coefficient (Wildman–Crippen LogP) is 7.07. The third-order valence-corrected chi connectivity index (χ3v) is 6.09. The molecule has 0 fully saturated rings. The van der Waals surface area contributed by atoms with Gasteiger partial charge in [-0.15, -0.1) is 23.7 Å². The second-order valence-corrected chi connectivity index (χ2v) is 8.10. The van der Waals surface area contributed by atoms with Gasteiger partial charge in [-0.05, 0) is 36.4 Å². The van der Waals surface area contributed by atoms with Crippen molar-refractivity contribution >= 4 is 57.1 Å². The van der Waals surface area contributed by atoms with E-state index in [9.17, 15) is 0 Å². The van der Waals surface area contributed by atoms with E-state index in [0.717, 1.165) is 55.3 Å². The van der Waals surface area contributed by atoms with Crippen molar-refractivity contribution in [1.82, 2.24) is 19.9 Å². The van der Waals surface area contributed by atoms with E-state index in [0.29, 0.717) is 0 Å². The van der Waals surface area contributed by atoms with Crippen molar-refractivity contribution in [3.05, 3.63) is 90.6 Å². The number of hydrogen-bond donors (Lipinski definition) is 2. The molecule has 0 amide bonds. The number of imidazole rings is 1. The summed E-state index contributed by atoms with van der Waals surface area (Å²) < 4.78 is 0. The average molecular weight is 456 g/mol. The molecule has 3 heterocycles. The highest BCUT2D eigenvalue weighted by Crippen LogP contribution is 2.33. The largest absolute Gasteiger partial charge is 0.354 e. The SMILES string of the molecule is Cl.c1ccc(-c2nc3ccccc3[nH]2)c(Nc2ccnc3cc(-c4nccs4)ccc23)c1. The molecule has 0 aliphatic rings. The van der Waals surface area contributed by atoms with Crippen LogP contribution in [0.15, 0.2) is 90.6 Å². The lowest BCUT2D eigenvalue weighted by molar-refractivity contribution is 1.33. The summed E-state index contributed by atoms with van der Waals surface area (Å²) >= 11 is 1.63. The average Bonchev–Trinajstić information content (AvgIpc) is 3.49. The van der Waals surface area contributed by atoms with E-state index in [1.165, 1.54) is 0 Å². The maximum Gasteiger partial charge on any atom is 0.140 e. The third kappa shape index (κ3) is 3.60. The number of nitrogens with one attached hydrogen (secondary N) is 2. The van der Waals surface area contributed by atoms with E-state index in [2.05, 4.69) is 50.6 Å².